The zero-order valence-corrected chi connectivity index (χ0v) is 10.0. The number of imide groups is 1. The zero-order chi connectivity index (χ0) is 14.3. The lowest BCUT2D eigenvalue weighted by Gasteiger charge is -2.12. The summed E-state index contributed by atoms with van der Waals surface area (Å²) in [6.07, 6.45) is 1.30. The molecule has 7 nitrogen and oxygen atoms in total. The average molecular weight is 269 g/mol. The fourth-order valence-corrected chi connectivity index (χ4v) is 2.08. The van der Waals surface area contributed by atoms with E-state index in [1.165, 1.54) is 30.5 Å². The molecule has 0 aliphatic carbocycles. The molecule has 1 aromatic carbocycles. The highest BCUT2D eigenvalue weighted by Gasteiger charge is 2.40. The summed E-state index contributed by atoms with van der Waals surface area (Å²) in [5.74, 6) is -1.47. The summed E-state index contributed by atoms with van der Waals surface area (Å²) < 4.78 is 0. The highest BCUT2D eigenvalue weighted by molar-refractivity contribution is 6.34. The van der Waals surface area contributed by atoms with Crippen molar-refractivity contribution in [3.05, 3.63) is 63.8 Å². The molecule has 0 bridgehead atoms. The Morgan fingerprint density at radius 3 is 2.15 bits per heavy atom. The Morgan fingerprint density at radius 2 is 1.60 bits per heavy atom. The van der Waals surface area contributed by atoms with Gasteiger partial charge in [0.05, 0.1) is 16.1 Å². The number of benzene rings is 1. The van der Waals surface area contributed by atoms with E-state index in [0.29, 0.717) is 0 Å². The Labute approximate surface area is 112 Å². The summed E-state index contributed by atoms with van der Waals surface area (Å²) in [6, 6.07) is 8.83. The largest absolute Gasteiger partial charge is 0.312 e. The van der Waals surface area contributed by atoms with E-state index in [-0.39, 0.29) is 22.6 Å². The Bertz CT molecular complexity index is 722. The Morgan fingerprint density at radius 1 is 1.00 bits per heavy atom. The van der Waals surface area contributed by atoms with Crippen LogP contribution >= 0.6 is 0 Å². The van der Waals surface area contributed by atoms with Crippen LogP contribution in [0.25, 0.3) is 0 Å². The van der Waals surface area contributed by atoms with E-state index in [0.717, 1.165) is 4.90 Å². The van der Waals surface area contributed by atoms with E-state index in [9.17, 15) is 19.7 Å². The van der Waals surface area contributed by atoms with Crippen LogP contribution in [0.1, 0.15) is 20.7 Å². The third-order valence-electron chi connectivity index (χ3n) is 2.97. The zero-order valence-electron chi connectivity index (χ0n) is 10.0. The maximum absolute atomic E-state index is 12.2. The van der Waals surface area contributed by atoms with Gasteiger partial charge in [0, 0.05) is 12.3 Å². The lowest BCUT2D eigenvalue weighted by molar-refractivity contribution is -0.384. The number of nitrogens with zero attached hydrogens (tertiary/aromatic N) is 3. The lowest BCUT2D eigenvalue weighted by Crippen LogP contribution is -2.30. The maximum atomic E-state index is 12.2. The molecule has 1 aliphatic rings. The van der Waals surface area contributed by atoms with Crippen LogP contribution in [-0.4, -0.2) is 21.7 Å². The first-order chi connectivity index (χ1) is 9.61. The molecule has 0 saturated carbocycles. The molecule has 2 heterocycles. The molecule has 98 valence electrons. The highest BCUT2D eigenvalue weighted by atomic mass is 16.6. The molecule has 0 unspecified atom stereocenters. The van der Waals surface area contributed by atoms with Gasteiger partial charge >= 0.3 is 5.69 Å². The van der Waals surface area contributed by atoms with E-state index in [1.807, 2.05) is 0 Å². The molecule has 1 aliphatic heterocycles. The number of rotatable bonds is 2. The van der Waals surface area contributed by atoms with Crippen molar-refractivity contribution in [2.45, 2.75) is 0 Å². The molecule has 0 atom stereocenters. The molecule has 0 fully saturated rings. The normalized spacial score (nSPS) is 13.5. The van der Waals surface area contributed by atoms with Crippen LogP contribution in [-0.2, 0) is 0 Å². The summed E-state index contributed by atoms with van der Waals surface area (Å²) in [7, 11) is 0. The standard InChI is InChI=1S/C13H7N3O4/c17-12-8-4-1-2-5-9(8)13(18)15(12)11-10(16(19)20)6-3-7-14-11/h1-7H. The first kappa shape index (κ1) is 12.0. The smallest absolute Gasteiger partial charge is 0.268 e. The predicted molar refractivity (Wildman–Crippen MR) is 68.5 cm³/mol. The lowest BCUT2D eigenvalue weighted by atomic mass is 10.1. The van der Waals surface area contributed by atoms with Gasteiger partial charge in [0.25, 0.3) is 11.8 Å². The number of carbonyl (C=O) groups is 2. The molecule has 2 aromatic rings. The summed E-state index contributed by atoms with van der Waals surface area (Å²) in [5.41, 5.74) is 0.0527. The second-order valence-corrected chi connectivity index (χ2v) is 4.09. The SMILES string of the molecule is O=C1c2ccccc2C(=O)N1c1ncccc1[N+](=O)[O-]. The number of hydrogen-bond acceptors (Lipinski definition) is 5. The maximum Gasteiger partial charge on any atom is 0.312 e. The average Bonchev–Trinajstić information content (AvgIpc) is 2.71. The molecular weight excluding hydrogens is 262 g/mol. The first-order valence-electron chi connectivity index (χ1n) is 5.68. The van der Waals surface area contributed by atoms with Crippen molar-refractivity contribution in [3.8, 4) is 0 Å². The van der Waals surface area contributed by atoms with Crippen LogP contribution in [0, 0.1) is 10.1 Å². The first-order valence-corrected chi connectivity index (χ1v) is 5.68. The number of anilines is 1. The van der Waals surface area contributed by atoms with Gasteiger partial charge in [0.1, 0.15) is 0 Å². The third-order valence-corrected chi connectivity index (χ3v) is 2.97. The minimum absolute atomic E-state index is 0.220. The minimum atomic E-state index is -0.675. The number of nitro groups is 1. The third kappa shape index (κ3) is 1.57. The van der Waals surface area contributed by atoms with E-state index in [1.54, 1.807) is 12.1 Å². The summed E-state index contributed by atoms with van der Waals surface area (Å²) >= 11 is 0. The van der Waals surface area contributed by atoms with E-state index in [4.69, 9.17) is 0 Å². The summed E-state index contributed by atoms with van der Waals surface area (Å²) in [6.45, 7) is 0. The number of hydrogen-bond donors (Lipinski definition) is 0. The Balaban J connectivity index is 2.17. The van der Waals surface area contributed by atoms with Crippen LogP contribution in [0.3, 0.4) is 0 Å². The fraction of sp³-hybridized carbons (Fsp3) is 0. The molecule has 1 aromatic heterocycles. The monoisotopic (exact) mass is 269 g/mol. The van der Waals surface area contributed by atoms with Gasteiger partial charge in [0.15, 0.2) is 0 Å². The molecular formula is C13H7N3O4. The van der Waals surface area contributed by atoms with Gasteiger partial charge in [-0.1, -0.05) is 12.1 Å². The molecule has 3 rings (SSSR count). The fourth-order valence-electron chi connectivity index (χ4n) is 2.08. The van der Waals surface area contributed by atoms with Gasteiger partial charge in [-0.3, -0.25) is 19.7 Å². The minimum Gasteiger partial charge on any atom is -0.268 e. The van der Waals surface area contributed by atoms with Crippen LogP contribution in [0.2, 0.25) is 0 Å². The summed E-state index contributed by atoms with van der Waals surface area (Å²) in [4.78, 5) is 39.3. The van der Waals surface area contributed by atoms with Crippen molar-refractivity contribution in [1.82, 2.24) is 4.98 Å². The quantitative estimate of drug-likeness (QED) is 0.470. The van der Waals surface area contributed by atoms with Gasteiger partial charge in [-0.25, -0.2) is 9.88 Å². The molecule has 0 radical (unpaired) electrons. The summed E-state index contributed by atoms with van der Waals surface area (Å²) in [5, 5.41) is 11.0. The van der Waals surface area contributed by atoms with E-state index < -0.39 is 16.7 Å². The Kier molecular flexibility index (Phi) is 2.53. The van der Waals surface area contributed by atoms with Gasteiger partial charge in [-0.05, 0) is 18.2 Å². The second kappa shape index (κ2) is 4.23. The van der Waals surface area contributed by atoms with Crippen molar-refractivity contribution >= 4 is 23.3 Å². The van der Waals surface area contributed by atoms with Crippen molar-refractivity contribution in [2.24, 2.45) is 0 Å². The van der Waals surface area contributed by atoms with Gasteiger partial charge in [-0.15, -0.1) is 0 Å². The topological polar surface area (TPSA) is 93.4 Å². The molecule has 0 N–H and O–H groups in total. The van der Waals surface area contributed by atoms with E-state index in [2.05, 4.69) is 4.98 Å². The van der Waals surface area contributed by atoms with Gasteiger partial charge < -0.3 is 0 Å². The van der Waals surface area contributed by atoms with Crippen LogP contribution in [0.5, 0.6) is 0 Å². The number of pyridine rings is 1. The molecule has 2 amide bonds. The second-order valence-electron chi connectivity index (χ2n) is 4.09. The van der Waals surface area contributed by atoms with Crippen molar-refractivity contribution in [1.29, 1.82) is 0 Å². The van der Waals surface area contributed by atoms with E-state index >= 15 is 0 Å². The highest BCUT2D eigenvalue weighted by Crippen LogP contribution is 2.32. The van der Waals surface area contributed by atoms with Crippen LogP contribution in [0.4, 0.5) is 11.5 Å². The van der Waals surface area contributed by atoms with Crippen LogP contribution in [0.15, 0.2) is 42.6 Å². The predicted octanol–water partition coefficient (Wildman–Crippen LogP) is 1.79. The Hall–Kier alpha value is -3.09. The van der Waals surface area contributed by atoms with Gasteiger partial charge in [0.2, 0.25) is 5.82 Å². The number of carbonyl (C=O) groups excluding carboxylic acids is 2. The molecule has 20 heavy (non-hydrogen) atoms. The van der Waals surface area contributed by atoms with Crippen molar-refractivity contribution in [3.63, 3.8) is 0 Å². The molecule has 0 spiro atoms. The number of amides is 2. The van der Waals surface area contributed by atoms with Crippen molar-refractivity contribution in [2.75, 3.05) is 4.90 Å². The number of aromatic nitrogens is 1. The molecule has 0 saturated heterocycles. The van der Waals surface area contributed by atoms with Crippen molar-refractivity contribution < 1.29 is 14.5 Å². The van der Waals surface area contributed by atoms with Crippen LogP contribution < -0.4 is 4.90 Å². The van der Waals surface area contributed by atoms with Gasteiger partial charge in [-0.2, -0.15) is 0 Å². The number of fused-ring (bicyclic) bond motifs is 1. The molecule has 7 heteroatoms.